The minimum absolute atomic E-state index is 0.187. The van der Waals surface area contributed by atoms with Gasteiger partial charge in [0.05, 0.1) is 5.69 Å². The largest absolute Gasteiger partial charge is 0.397 e. The van der Waals surface area contributed by atoms with Crippen molar-refractivity contribution in [2.24, 2.45) is 0 Å². The number of nitrogens with two attached hydrogens (primary N) is 1. The Kier molecular flexibility index (Phi) is 3.66. The molecule has 1 amide bonds. The van der Waals surface area contributed by atoms with Gasteiger partial charge in [-0.3, -0.25) is 4.79 Å². The summed E-state index contributed by atoms with van der Waals surface area (Å²) in [5.41, 5.74) is 5.26. The SMILES string of the molecule is Nc1cc(F)cc(F)c1NC(=O)c1cccc(Cl)c1. The maximum atomic E-state index is 13.5. The van der Waals surface area contributed by atoms with Gasteiger partial charge in [0.15, 0.2) is 5.82 Å². The van der Waals surface area contributed by atoms with E-state index in [1.54, 1.807) is 12.1 Å². The van der Waals surface area contributed by atoms with Crippen molar-refractivity contribution in [3.8, 4) is 0 Å². The van der Waals surface area contributed by atoms with Gasteiger partial charge in [0.1, 0.15) is 11.5 Å². The van der Waals surface area contributed by atoms with Gasteiger partial charge in [-0.1, -0.05) is 17.7 Å². The van der Waals surface area contributed by atoms with E-state index in [1.807, 2.05) is 0 Å². The van der Waals surface area contributed by atoms with Gasteiger partial charge < -0.3 is 11.1 Å². The molecule has 0 aromatic heterocycles. The van der Waals surface area contributed by atoms with Gasteiger partial charge >= 0.3 is 0 Å². The van der Waals surface area contributed by atoms with Crippen LogP contribution in [0.1, 0.15) is 10.4 Å². The van der Waals surface area contributed by atoms with E-state index < -0.39 is 17.5 Å². The zero-order valence-corrected chi connectivity index (χ0v) is 10.3. The maximum Gasteiger partial charge on any atom is 0.255 e. The zero-order valence-electron chi connectivity index (χ0n) is 9.58. The van der Waals surface area contributed by atoms with Gasteiger partial charge in [-0.25, -0.2) is 8.78 Å². The van der Waals surface area contributed by atoms with Gasteiger partial charge in [-0.15, -0.1) is 0 Å². The number of carbonyl (C=O) groups is 1. The summed E-state index contributed by atoms with van der Waals surface area (Å²) in [6.45, 7) is 0. The fourth-order valence-electron chi connectivity index (χ4n) is 1.54. The highest BCUT2D eigenvalue weighted by atomic mass is 35.5. The van der Waals surface area contributed by atoms with Crippen LogP contribution in [0, 0.1) is 11.6 Å². The first-order valence-corrected chi connectivity index (χ1v) is 5.66. The van der Waals surface area contributed by atoms with Crippen molar-refractivity contribution in [2.75, 3.05) is 11.1 Å². The van der Waals surface area contributed by atoms with Crippen molar-refractivity contribution in [2.45, 2.75) is 0 Å². The van der Waals surface area contributed by atoms with Crippen LogP contribution in [0.5, 0.6) is 0 Å². The van der Waals surface area contributed by atoms with E-state index in [9.17, 15) is 13.6 Å². The molecule has 3 N–H and O–H groups in total. The molecule has 3 nitrogen and oxygen atoms in total. The molecule has 2 rings (SSSR count). The average Bonchev–Trinajstić information content (AvgIpc) is 2.33. The van der Waals surface area contributed by atoms with Crippen LogP contribution >= 0.6 is 11.6 Å². The highest BCUT2D eigenvalue weighted by molar-refractivity contribution is 6.31. The molecule has 0 spiro atoms. The molecule has 0 fully saturated rings. The lowest BCUT2D eigenvalue weighted by atomic mass is 10.2. The predicted octanol–water partition coefficient (Wildman–Crippen LogP) is 3.45. The quantitative estimate of drug-likeness (QED) is 0.829. The number of nitrogen functional groups attached to an aromatic ring is 1. The molecule has 0 saturated heterocycles. The molecule has 0 bridgehead atoms. The molecule has 0 aliphatic heterocycles. The van der Waals surface area contributed by atoms with Crippen LogP contribution in [0.2, 0.25) is 5.02 Å². The number of carbonyl (C=O) groups excluding carboxylic acids is 1. The molecular weight excluding hydrogens is 274 g/mol. The van der Waals surface area contributed by atoms with Crippen LogP contribution in [0.25, 0.3) is 0 Å². The normalized spacial score (nSPS) is 10.3. The third kappa shape index (κ3) is 3.00. The Morgan fingerprint density at radius 1 is 1.21 bits per heavy atom. The van der Waals surface area contributed by atoms with Crippen LogP contribution in [0.3, 0.4) is 0 Å². The second kappa shape index (κ2) is 5.24. The monoisotopic (exact) mass is 282 g/mol. The Bertz CT molecular complexity index is 623. The van der Waals surface area contributed by atoms with E-state index in [0.29, 0.717) is 11.1 Å². The second-order valence-corrected chi connectivity index (χ2v) is 4.25. The fraction of sp³-hybridized carbons (Fsp3) is 0. The third-order valence-corrected chi connectivity index (χ3v) is 2.65. The smallest absolute Gasteiger partial charge is 0.255 e. The molecule has 0 atom stereocenters. The van der Waals surface area contributed by atoms with E-state index in [1.165, 1.54) is 12.1 Å². The number of nitrogens with one attached hydrogen (secondary N) is 1. The van der Waals surface area contributed by atoms with Crippen molar-refractivity contribution in [3.05, 3.63) is 58.6 Å². The Hall–Kier alpha value is -2.14. The molecule has 6 heteroatoms. The minimum Gasteiger partial charge on any atom is -0.397 e. The van der Waals surface area contributed by atoms with Crippen molar-refractivity contribution >= 4 is 28.9 Å². The van der Waals surface area contributed by atoms with Crippen LogP contribution in [-0.4, -0.2) is 5.91 Å². The van der Waals surface area contributed by atoms with Crippen LogP contribution in [-0.2, 0) is 0 Å². The Balaban J connectivity index is 2.29. The summed E-state index contributed by atoms with van der Waals surface area (Å²) in [4.78, 5) is 11.9. The van der Waals surface area contributed by atoms with E-state index in [0.717, 1.165) is 6.07 Å². The predicted molar refractivity (Wildman–Crippen MR) is 70.2 cm³/mol. The lowest BCUT2D eigenvalue weighted by Crippen LogP contribution is -2.14. The van der Waals surface area contributed by atoms with Crippen molar-refractivity contribution < 1.29 is 13.6 Å². The Labute approximate surface area is 113 Å². The molecule has 0 unspecified atom stereocenters. The topological polar surface area (TPSA) is 55.1 Å². The molecule has 19 heavy (non-hydrogen) atoms. The number of rotatable bonds is 2. The van der Waals surface area contributed by atoms with Crippen molar-refractivity contribution in [1.29, 1.82) is 0 Å². The van der Waals surface area contributed by atoms with Gasteiger partial charge in [-0.2, -0.15) is 0 Å². The average molecular weight is 283 g/mol. The number of benzene rings is 2. The Morgan fingerprint density at radius 3 is 2.58 bits per heavy atom. The van der Waals surface area contributed by atoms with E-state index in [2.05, 4.69) is 5.32 Å². The molecule has 0 aliphatic rings. The molecule has 0 radical (unpaired) electrons. The summed E-state index contributed by atoms with van der Waals surface area (Å²) in [6, 6.07) is 7.70. The molecule has 98 valence electrons. The summed E-state index contributed by atoms with van der Waals surface area (Å²) in [5.74, 6) is -2.33. The molecule has 0 heterocycles. The molecule has 0 saturated carbocycles. The van der Waals surface area contributed by atoms with E-state index in [4.69, 9.17) is 17.3 Å². The van der Waals surface area contributed by atoms with Crippen LogP contribution < -0.4 is 11.1 Å². The summed E-state index contributed by atoms with van der Waals surface area (Å²) < 4.78 is 26.4. The zero-order chi connectivity index (χ0) is 14.0. The molecular formula is C13H9ClF2N2O. The summed E-state index contributed by atoms with van der Waals surface area (Å²) in [6.07, 6.45) is 0. The van der Waals surface area contributed by atoms with E-state index in [-0.39, 0.29) is 16.9 Å². The summed E-state index contributed by atoms with van der Waals surface area (Å²) in [5, 5.41) is 2.66. The first-order valence-electron chi connectivity index (χ1n) is 5.29. The van der Waals surface area contributed by atoms with Gasteiger partial charge in [-0.05, 0) is 24.3 Å². The highest BCUT2D eigenvalue weighted by Crippen LogP contribution is 2.24. The standard InChI is InChI=1S/C13H9ClF2N2O/c14-8-3-1-2-7(4-8)13(19)18-12-10(16)5-9(15)6-11(12)17/h1-6H,17H2,(H,18,19). The lowest BCUT2D eigenvalue weighted by Gasteiger charge is -2.09. The number of amides is 1. The van der Waals surface area contributed by atoms with Crippen LogP contribution in [0.15, 0.2) is 36.4 Å². The number of hydrogen-bond acceptors (Lipinski definition) is 2. The first-order chi connectivity index (χ1) is 8.97. The molecule has 2 aromatic rings. The summed E-state index contributed by atoms with van der Waals surface area (Å²) in [7, 11) is 0. The number of hydrogen-bond donors (Lipinski definition) is 2. The van der Waals surface area contributed by atoms with Gasteiger partial charge in [0.25, 0.3) is 5.91 Å². The maximum absolute atomic E-state index is 13.5. The Morgan fingerprint density at radius 2 is 1.95 bits per heavy atom. The number of anilines is 2. The molecule has 0 aliphatic carbocycles. The van der Waals surface area contributed by atoms with Crippen molar-refractivity contribution in [1.82, 2.24) is 0 Å². The summed E-state index contributed by atoms with van der Waals surface area (Å²) >= 11 is 5.75. The van der Waals surface area contributed by atoms with Gasteiger partial charge in [0, 0.05) is 16.7 Å². The first kappa shape index (κ1) is 13.3. The van der Waals surface area contributed by atoms with Crippen molar-refractivity contribution in [3.63, 3.8) is 0 Å². The van der Waals surface area contributed by atoms with Crippen LogP contribution in [0.4, 0.5) is 20.2 Å². The second-order valence-electron chi connectivity index (χ2n) is 3.82. The third-order valence-electron chi connectivity index (χ3n) is 2.41. The van der Waals surface area contributed by atoms with E-state index >= 15 is 0 Å². The molecule has 2 aromatic carbocycles. The van der Waals surface area contributed by atoms with Gasteiger partial charge in [0.2, 0.25) is 0 Å². The fourth-order valence-corrected chi connectivity index (χ4v) is 1.73. The lowest BCUT2D eigenvalue weighted by molar-refractivity contribution is 0.102. The number of halogens is 3. The highest BCUT2D eigenvalue weighted by Gasteiger charge is 2.13. The minimum atomic E-state index is -0.937.